The molecule has 0 radical (unpaired) electrons. The van der Waals surface area contributed by atoms with Crippen molar-refractivity contribution in [3.8, 4) is 5.69 Å². The molecule has 0 saturated carbocycles. The number of hydrogen-bond donors (Lipinski definition) is 0. The van der Waals surface area contributed by atoms with Gasteiger partial charge in [0.25, 0.3) is 5.56 Å². The predicted molar refractivity (Wildman–Crippen MR) is 138 cm³/mol. The van der Waals surface area contributed by atoms with Crippen molar-refractivity contribution in [1.82, 2.24) is 14.5 Å². The molecule has 5 rings (SSSR count). The number of amides is 1. The molecule has 1 aromatic heterocycles. The summed E-state index contributed by atoms with van der Waals surface area (Å²) in [5, 5.41) is 1.12. The molecule has 0 bridgehead atoms. The topological polar surface area (TPSA) is 55.2 Å². The van der Waals surface area contributed by atoms with E-state index >= 15 is 0 Å². The summed E-state index contributed by atoms with van der Waals surface area (Å²) < 4.78 is 1.62. The van der Waals surface area contributed by atoms with Gasteiger partial charge in [-0.25, -0.2) is 4.98 Å². The van der Waals surface area contributed by atoms with Crippen LogP contribution in [0, 0.1) is 5.92 Å². The highest BCUT2D eigenvalue weighted by Gasteiger charge is 2.24. The second-order valence-corrected chi connectivity index (χ2v) is 9.63. The summed E-state index contributed by atoms with van der Waals surface area (Å²) in [6.07, 6.45) is 3.12. The van der Waals surface area contributed by atoms with Gasteiger partial charge in [-0.2, -0.15) is 0 Å². The van der Waals surface area contributed by atoms with E-state index in [9.17, 15) is 9.59 Å². The van der Waals surface area contributed by atoms with Crippen molar-refractivity contribution in [3.05, 3.63) is 101 Å². The van der Waals surface area contributed by atoms with Gasteiger partial charge in [-0.3, -0.25) is 14.2 Å². The molecule has 0 atom stereocenters. The Morgan fingerprint density at radius 3 is 2.26 bits per heavy atom. The summed E-state index contributed by atoms with van der Waals surface area (Å²) in [5.74, 6) is 0.982. The predicted octanol–water partition coefficient (Wildman–Crippen LogP) is 4.96. The van der Waals surface area contributed by atoms with E-state index in [1.807, 2.05) is 59.5 Å². The van der Waals surface area contributed by atoms with Crippen molar-refractivity contribution in [2.24, 2.45) is 5.92 Å². The van der Waals surface area contributed by atoms with Gasteiger partial charge in [0.05, 0.1) is 22.3 Å². The van der Waals surface area contributed by atoms with E-state index in [2.05, 4.69) is 24.3 Å². The van der Waals surface area contributed by atoms with Gasteiger partial charge in [0.15, 0.2) is 5.16 Å². The van der Waals surface area contributed by atoms with Crippen LogP contribution in [0.3, 0.4) is 0 Å². The summed E-state index contributed by atoms with van der Waals surface area (Å²) >= 11 is 1.34. The maximum absolute atomic E-state index is 13.3. The molecule has 1 amide bonds. The van der Waals surface area contributed by atoms with Crippen molar-refractivity contribution in [1.29, 1.82) is 0 Å². The number of benzene rings is 3. The van der Waals surface area contributed by atoms with Gasteiger partial charge in [0.2, 0.25) is 5.91 Å². The monoisotopic (exact) mass is 469 g/mol. The van der Waals surface area contributed by atoms with Crippen LogP contribution in [-0.2, 0) is 11.2 Å². The molecule has 1 aliphatic rings. The number of nitrogens with zero attached hydrogens (tertiary/aromatic N) is 3. The van der Waals surface area contributed by atoms with Crippen LogP contribution in [0.15, 0.2) is 94.9 Å². The molecular formula is C28H27N3O2S. The molecule has 1 aliphatic heterocycles. The molecule has 34 heavy (non-hydrogen) atoms. The zero-order valence-electron chi connectivity index (χ0n) is 19.0. The molecule has 0 N–H and O–H groups in total. The highest BCUT2D eigenvalue weighted by Crippen LogP contribution is 2.25. The summed E-state index contributed by atoms with van der Waals surface area (Å²) in [7, 11) is 0. The van der Waals surface area contributed by atoms with Gasteiger partial charge in [-0.15, -0.1) is 0 Å². The minimum Gasteiger partial charge on any atom is -0.342 e. The fourth-order valence-electron chi connectivity index (χ4n) is 4.57. The molecule has 5 nitrogen and oxygen atoms in total. The van der Waals surface area contributed by atoms with Crippen LogP contribution in [0.5, 0.6) is 0 Å². The number of aromatic nitrogens is 2. The van der Waals surface area contributed by atoms with Crippen LogP contribution >= 0.6 is 11.8 Å². The fraction of sp³-hybridized carbons (Fsp3) is 0.250. The van der Waals surface area contributed by atoms with Crippen LogP contribution in [0.25, 0.3) is 16.6 Å². The Labute approximate surface area is 203 Å². The van der Waals surface area contributed by atoms with E-state index in [1.165, 1.54) is 17.3 Å². The van der Waals surface area contributed by atoms with E-state index < -0.39 is 0 Å². The summed E-state index contributed by atoms with van der Waals surface area (Å²) in [6.45, 7) is 1.57. The number of thioether (sulfide) groups is 1. The highest BCUT2D eigenvalue weighted by molar-refractivity contribution is 7.99. The Hall–Kier alpha value is -3.38. The number of piperidine rings is 1. The number of likely N-dealkylation sites (tertiary alicyclic amines) is 1. The zero-order chi connectivity index (χ0) is 23.3. The standard InChI is InChI=1S/C28H27N3O2S/c32-26(30-17-15-22(16-18-30)19-21-9-3-1-4-10-21)20-34-28-29-25-14-8-7-13-24(25)27(33)31(28)23-11-5-2-6-12-23/h1-14,22H,15-20H2. The van der Waals surface area contributed by atoms with Crippen molar-refractivity contribution < 1.29 is 4.79 Å². The largest absolute Gasteiger partial charge is 0.342 e. The Balaban J connectivity index is 1.29. The van der Waals surface area contributed by atoms with E-state index in [-0.39, 0.29) is 17.2 Å². The van der Waals surface area contributed by atoms with Gasteiger partial charge in [0.1, 0.15) is 0 Å². The van der Waals surface area contributed by atoms with E-state index in [0.717, 1.165) is 38.0 Å². The number of carbonyl (C=O) groups excluding carboxylic acids is 1. The molecule has 1 saturated heterocycles. The van der Waals surface area contributed by atoms with Crippen molar-refractivity contribution in [2.45, 2.75) is 24.4 Å². The Morgan fingerprint density at radius 2 is 1.53 bits per heavy atom. The molecule has 4 aromatic rings. The number of carbonyl (C=O) groups is 1. The quantitative estimate of drug-likeness (QED) is 0.296. The van der Waals surface area contributed by atoms with Crippen LogP contribution in [0.2, 0.25) is 0 Å². The van der Waals surface area contributed by atoms with E-state index in [1.54, 1.807) is 10.6 Å². The average Bonchev–Trinajstić information content (AvgIpc) is 2.89. The van der Waals surface area contributed by atoms with Gasteiger partial charge in [-0.1, -0.05) is 72.4 Å². The van der Waals surface area contributed by atoms with Crippen molar-refractivity contribution >= 4 is 28.6 Å². The lowest BCUT2D eigenvalue weighted by atomic mass is 9.90. The van der Waals surface area contributed by atoms with E-state index in [4.69, 9.17) is 4.98 Å². The minimum atomic E-state index is -0.117. The lowest BCUT2D eigenvalue weighted by Gasteiger charge is -2.32. The number of rotatable bonds is 6. The molecule has 1 fully saturated rings. The van der Waals surface area contributed by atoms with Crippen LogP contribution in [0.1, 0.15) is 18.4 Å². The average molecular weight is 470 g/mol. The lowest BCUT2D eigenvalue weighted by Crippen LogP contribution is -2.40. The van der Waals surface area contributed by atoms with Crippen LogP contribution < -0.4 is 5.56 Å². The van der Waals surface area contributed by atoms with Gasteiger partial charge >= 0.3 is 0 Å². The first-order valence-corrected chi connectivity index (χ1v) is 12.7. The number of hydrogen-bond acceptors (Lipinski definition) is 4. The molecule has 6 heteroatoms. The molecule has 3 aromatic carbocycles. The second kappa shape index (κ2) is 10.3. The van der Waals surface area contributed by atoms with Crippen LogP contribution in [0.4, 0.5) is 0 Å². The first-order valence-electron chi connectivity index (χ1n) is 11.7. The maximum Gasteiger partial charge on any atom is 0.266 e. The molecular weight excluding hydrogens is 442 g/mol. The third-order valence-corrected chi connectivity index (χ3v) is 7.34. The van der Waals surface area contributed by atoms with Crippen molar-refractivity contribution in [3.63, 3.8) is 0 Å². The molecule has 0 aliphatic carbocycles. The minimum absolute atomic E-state index is 0.102. The highest BCUT2D eigenvalue weighted by atomic mass is 32.2. The molecule has 172 valence electrons. The summed E-state index contributed by atoms with van der Waals surface area (Å²) in [5.41, 5.74) is 2.65. The van der Waals surface area contributed by atoms with E-state index in [0.29, 0.717) is 22.0 Å². The molecule has 0 spiro atoms. The smallest absolute Gasteiger partial charge is 0.266 e. The Kier molecular flexibility index (Phi) is 6.77. The SMILES string of the molecule is O=C(CSc1nc2ccccc2c(=O)n1-c1ccccc1)N1CCC(Cc2ccccc2)CC1. The summed E-state index contributed by atoms with van der Waals surface area (Å²) in [4.78, 5) is 33.0. The normalized spacial score (nSPS) is 14.4. The first kappa shape index (κ1) is 22.4. The lowest BCUT2D eigenvalue weighted by molar-refractivity contribution is -0.129. The van der Waals surface area contributed by atoms with Crippen LogP contribution in [-0.4, -0.2) is 39.2 Å². The summed E-state index contributed by atoms with van der Waals surface area (Å²) in [6, 6.07) is 27.4. The second-order valence-electron chi connectivity index (χ2n) is 8.69. The molecule has 0 unspecified atom stereocenters. The maximum atomic E-state index is 13.3. The third-order valence-electron chi connectivity index (χ3n) is 6.42. The van der Waals surface area contributed by atoms with Crippen molar-refractivity contribution in [2.75, 3.05) is 18.8 Å². The van der Waals surface area contributed by atoms with Gasteiger partial charge in [0, 0.05) is 13.1 Å². The Bertz CT molecular complexity index is 1330. The van der Waals surface area contributed by atoms with Gasteiger partial charge < -0.3 is 4.90 Å². The van der Waals surface area contributed by atoms with Gasteiger partial charge in [-0.05, 0) is 55.0 Å². The molecule has 2 heterocycles. The first-order chi connectivity index (χ1) is 16.7. The zero-order valence-corrected chi connectivity index (χ0v) is 19.8. The number of para-hydroxylation sites is 2. The third kappa shape index (κ3) is 4.92. The fourth-order valence-corrected chi connectivity index (χ4v) is 5.48. The number of fused-ring (bicyclic) bond motifs is 1. The Morgan fingerprint density at radius 1 is 0.882 bits per heavy atom.